The van der Waals surface area contributed by atoms with Crippen molar-refractivity contribution < 1.29 is 0 Å². The summed E-state index contributed by atoms with van der Waals surface area (Å²) in [5.41, 5.74) is 1.13. The van der Waals surface area contributed by atoms with Gasteiger partial charge in [0.2, 0.25) is 0 Å². The fourth-order valence-electron chi connectivity index (χ4n) is 1.51. The Balaban J connectivity index is 2.30. The summed E-state index contributed by atoms with van der Waals surface area (Å²) in [7, 11) is 0. The highest BCUT2D eigenvalue weighted by atomic mass is 15.3. The van der Waals surface area contributed by atoms with Gasteiger partial charge in [-0.25, -0.2) is 0 Å². The molecule has 0 bridgehead atoms. The van der Waals surface area contributed by atoms with Crippen molar-refractivity contribution in [2.24, 2.45) is 5.92 Å². The van der Waals surface area contributed by atoms with E-state index < -0.39 is 0 Å². The largest absolute Gasteiger partial charge is 0.382 e. The van der Waals surface area contributed by atoms with Crippen molar-refractivity contribution in [3.05, 3.63) is 12.4 Å². The molecule has 0 spiro atoms. The van der Waals surface area contributed by atoms with E-state index in [0.29, 0.717) is 0 Å². The van der Waals surface area contributed by atoms with Gasteiger partial charge in [-0.1, -0.05) is 20.3 Å². The maximum atomic E-state index is 4.21. The first-order chi connectivity index (χ1) is 6.76. The molecule has 1 atom stereocenters. The van der Waals surface area contributed by atoms with Gasteiger partial charge < -0.3 is 5.32 Å². The Kier molecular flexibility index (Phi) is 4.50. The van der Waals surface area contributed by atoms with Gasteiger partial charge in [0.05, 0.1) is 11.9 Å². The minimum absolute atomic E-state index is 0.741. The average molecular weight is 195 g/mol. The SMILES string of the molecule is CCCC(C)CNc1cnn(CC)c1. The molecule has 0 aliphatic rings. The maximum absolute atomic E-state index is 4.21. The zero-order valence-corrected chi connectivity index (χ0v) is 9.45. The molecule has 0 amide bonds. The van der Waals surface area contributed by atoms with Crippen LogP contribution in [0.1, 0.15) is 33.6 Å². The summed E-state index contributed by atoms with van der Waals surface area (Å²) in [4.78, 5) is 0. The number of nitrogens with zero attached hydrogens (tertiary/aromatic N) is 2. The summed E-state index contributed by atoms with van der Waals surface area (Å²) in [6.07, 6.45) is 6.49. The highest BCUT2D eigenvalue weighted by Gasteiger charge is 2.01. The molecule has 0 saturated carbocycles. The van der Waals surface area contributed by atoms with Crippen molar-refractivity contribution >= 4 is 5.69 Å². The smallest absolute Gasteiger partial charge is 0.0726 e. The Morgan fingerprint density at radius 3 is 2.86 bits per heavy atom. The lowest BCUT2D eigenvalue weighted by atomic mass is 10.1. The Morgan fingerprint density at radius 2 is 2.29 bits per heavy atom. The third-order valence-corrected chi connectivity index (χ3v) is 2.39. The Morgan fingerprint density at radius 1 is 1.50 bits per heavy atom. The molecular formula is C11H21N3. The zero-order chi connectivity index (χ0) is 10.4. The molecule has 1 rings (SSSR count). The van der Waals surface area contributed by atoms with Crippen LogP contribution in [-0.2, 0) is 6.54 Å². The summed E-state index contributed by atoms with van der Waals surface area (Å²) in [5.74, 6) is 0.741. The van der Waals surface area contributed by atoms with Crippen molar-refractivity contribution in [3.8, 4) is 0 Å². The van der Waals surface area contributed by atoms with Crippen LogP contribution in [0.4, 0.5) is 5.69 Å². The van der Waals surface area contributed by atoms with E-state index >= 15 is 0 Å². The molecule has 0 aliphatic carbocycles. The van der Waals surface area contributed by atoms with E-state index in [4.69, 9.17) is 0 Å². The molecule has 1 aromatic heterocycles. The van der Waals surface area contributed by atoms with Gasteiger partial charge in [0.25, 0.3) is 0 Å². The molecule has 0 aliphatic heterocycles. The molecule has 0 radical (unpaired) electrons. The van der Waals surface area contributed by atoms with Gasteiger partial charge in [-0.2, -0.15) is 5.10 Å². The molecule has 14 heavy (non-hydrogen) atoms. The third kappa shape index (κ3) is 3.40. The standard InChI is InChI=1S/C11H21N3/c1-4-6-10(3)7-12-11-8-13-14(5-2)9-11/h8-10,12H,4-7H2,1-3H3. The first-order valence-electron chi connectivity index (χ1n) is 5.52. The zero-order valence-electron chi connectivity index (χ0n) is 9.45. The second-order valence-electron chi connectivity index (χ2n) is 3.86. The molecule has 80 valence electrons. The lowest BCUT2D eigenvalue weighted by molar-refractivity contribution is 0.550. The van der Waals surface area contributed by atoms with Crippen LogP contribution < -0.4 is 5.32 Å². The van der Waals surface area contributed by atoms with Crippen molar-refractivity contribution in [1.29, 1.82) is 0 Å². The normalized spacial score (nSPS) is 12.8. The Bertz CT molecular complexity index is 255. The fourth-order valence-corrected chi connectivity index (χ4v) is 1.51. The van der Waals surface area contributed by atoms with E-state index in [9.17, 15) is 0 Å². The van der Waals surface area contributed by atoms with Crippen molar-refractivity contribution in [2.45, 2.75) is 40.2 Å². The summed E-state index contributed by atoms with van der Waals surface area (Å²) in [6.45, 7) is 8.58. The second kappa shape index (κ2) is 5.68. The molecule has 1 heterocycles. The molecule has 0 aromatic carbocycles. The predicted octanol–water partition coefficient (Wildman–Crippen LogP) is 2.75. The van der Waals surface area contributed by atoms with E-state index in [-0.39, 0.29) is 0 Å². The number of hydrogen-bond donors (Lipinski definition) is 1. The lowest BCUT2D eigenvalue weighted by Gasteiger charge is -2.10. The van der Waals surface area contributed by atoms with E-state index in [0.717, 1.165) is 24.7 Å². The quantitative estimate of drug-likeness (QED) is 0.756. The summed E-state index contributed by atoms with van der Waals surface area (Å²) < 4.78 is 1.94. The molecular weight excluding hydrogens is 174 g/mol. The van der Waals surface area contributed by atoms with Crippen LogP contribution in [0.15, 0.2) is 12.4 Å². The number of nitrogens with one attached hydrogen (secondary N) is 1. The van der Waals surface area contributed by atoms with Crippen LogP contribution in [0, 0.1) is 5.92 Å². The van der Waals surface area contributed by atoms with E-state index in [1.54, 1.807) is 0 Å². The number of aromatic nitrogens is 2. The summed E-state index contributed by atoms with van der Waals surface area (Å²) in [5, 5.41) is 7.61. The summed E-state index contributed by atoms with van der Waals surface area (Å²) in [6, 6.07) is 0. The van der Waals surface area contributed by atoms with Gasteiger partial charge in [-0.15, -0.1) is 0 Å². The molecule has 1 unspecified atom stereocenters. The van der Waals surface area contributed by atoms with Crippen LogP contribution >= 0.6 is 0 Å². The van der Waals surface area contributed by atoms with Crippen LogP contribution in [0.3, 0.4) is 0 Å². The minimum atomic E-state index is 0.741. The topological polar surface area (TPSA) is 29.9 Å². The highest BCUT2D eigenvalue weighted by molar-refractivity contribution is 5.37. The molecule has 3 heteroatoms. The second-order valence-corrected chi connectivity index (χ2v) is 3.86. The van der Waals surface area contributed by atoms with Gasteiger partial charge in [0.15, 0.2) is 0 Å². The first-order valence-corrected chi connectivity index (χ1v) is 5.52. The lowest BCUT2D eigenvalue weighted by Crippen LogP contribution is -2.10. The van der Waals surface area contributed by atoms with Crippen molar-refractivity contribution in [3.63, 3.8) is 0 Å². The van der Waals surface area contributed by atoms with Crippen LogP contribution in [0.25, 0.3) is 0 Å². The third-order valence-electron chi connectivity index (χ3n) is 2.39. The molecule has 0 fully saturated rings. The van der Waals surface area contributed by atoms with Crippen molar-refractivity contribution in [2.75, 3.05) is 11.9 Å². The monoisotopic (exact) mass is 195 g/mol. The predicted molar refractivity (Wildman–Crippen MR) is 60.5 cm³/mol. The van der Waals surface area contributed by atoms with Gasteiger partial charge in [-0.05, 0) is 19.3 Å². The molecule has 1 aromatic rings. The van der Waals surface area contributed by atoms with Crippen LogP contribution in [-0.4, -0.2) is 16.3 Å². The number of rotatable bonds is 6. The highest BCUT2D eigenvalue weighted by Crippen LogP contribution is 2.09. The minimum Gasteiger partial charge on any atom is -0.382 e. The molecule has 1 N–H and O–H groups in total. The molecule has 3 nitrogen and oxygen atoms in total. The maximum Gasteiger partial charge on any atom is 0.0726 e. The number of aryl methyl sites for hydroxylation is 1. The molecule has 0 saturated heterocycles. The summed E-state index contributed by atoms with van der Waals surface area (Å²) >= 11 is 0. The fraction of sp³-hybridized carbons (Fsp3) is 0.727. The van der Waals surface area contributed by atoms with Gasteiger partial charge in [0, 0.05) is 19.3 Å². The van der Waals surface area contributed by atoms with Crippen molar-refractivity contribution in [1.82, 2.24) is 9.78 Å². The Labute approximate surface area is 86.5 Å². The Hall–Kier alpha value is -0.990. The van der Waals surface area contributed by atoms with E-state index in [2.05, 4.69) is 37.4 Å². The van der Waals surface area contributed by atoms with Crippen LogP contribution in [0.5, 0.6) is 0 Å². The van der Waals surface area contributed by atoms with Gasteiger partial charge >= 0.3 is 0 Å². The number of hydrogen-bond acceptors (Lipinski definition) is 2. The average Bonchev–Trinajstić information content (AvgIpc) is 2.63. The first kappa shape index (κ1) is 11.1. The van der Waals surface area contributed by atoms with Gasteiger partial charge in [-0.3, -0.25) is 4.68 Å². The van der Waals surface area contributed by atoms with Gasteiger partial charge in [0.1, 0.15) is 0 Å². The number of anilines is 1. The van der Waals surface area contributed by atoms with E-state index in [1.165, 1.54) is 12.8 Å². The van der Waals surface area contributed by atoms with Crippen LogP contribution in [0.2, 0.25) is 0 Å². The van der Waals surface area contributed by atoms with E-state index in [1.807, 2.05) is 10.9 Å².